The number of aromatic amines is 1. The van der Waals surface area contributed by atoms with Crippen molar-refractivity contribution in [3.63, 3.8) is 0 Å². The third-order valence-corrected chi connectivity index (χ3v) is 6.83. The van der Waals surface area contributed by atoms with Crippen LogP contribution in [0.25, 0.3) is 10.8 Å². The molecule has 0 fully saturated rings. The van der Waals surface area contributed by atoms with Crippen molar-refractivity contribution in [2.45, 2.75) is 10.9 Å². The average molecular weight is 327 g/mol. The summed E-state index contributed by atoms with van der Waals surface area (Å²) >= 11 is 3.11. The molecule has 1 aromatic heterocycles. The molecule has 5 rings (SSSR count). The molecule has 3 nitrogen and oxygen atoms in total. The zero-order chi connectivity index (χ0) is 14.7. The highest BCUT2D eigenvalue weighted by molar-refractivity contribution is 7.99. The number of thiazole rings is 1. The monoisotopic (exact) mass is 327 g/mol. The summed E-state index contributed by atoms with van der Waals surface area (Å²) in [7, 11) is 0. The molecule has 0 amide bonds. The SMILES string of the molecule is O=c1[nH]c2c(s1)[C@H]1c3c(ccc4ccccc34)OC[C@@H]1CS2. The Balaban J connectivity index is 1.84. The zero-order valence-corrected chi connectivity index (χ0v) is 13.3. The van der Waals surface area contributed by atoms with E-state index in [1.165, 1.54) is 32.5 Å². The van der Waals surface area contributed by atoms with Gasteiger partial charge < -0.3 is 9.72 Å². The molecular weight excluding hydrogens is 314 g/mol. The third-order valence-electron chi connectivity index (χ3n) is 4.53. The maximum Gasteiger partial charge on any atom is 0.305 e. The molecule has 0 bridgehead atoms. The average Bonchev–Trinajstić information content (AvgIpc) is 2.94. The van der Waals surface area contributed by atoms with Gasteiger partial charge in [0.15, 0.2) is 0 Å². The number of thioether (sulfide) groups is 1. The van der Waals surface area contributed by atoms with E-state index in [2.05, 4.69) is 41.4 Å². The van der Waals surface area contributed by atoms with E-state index in [0.29, 0.717) is 5.92 Å². The van der Waals surface area contributed by atoms with Gasteiger partial charge in [0.25, 0.3) is 0 Å². The molecule has 110 valence electrons. The number of fused-ring (bicyclic) bond motifs is 7. The minimum absolute atomic E-state index is 0.0476. The predicted octanol–water partition coefficient (Wildman–Crippen LogP) is 3.84. The molecule has 1 N–H and O–H groups in total. The number of aromatic nitrogens is 1. The Labute approximate surface area is 135 Å². The van der Waals surface area contributed by atoms with Crippen LogP contribution < -0.4 is 9.61 Å². The minimum atomic E-state index is 0.0476. The number of hydrogen-bond donors (Lipinski definition) is 1. The predicted molar refractivity (Wildman–Crippen MR) is 90.4 cm³/mol. The molecule has 2 aliphatic rings. The van der Waals surface area contributed by atoms with Crippen LogP contribution in [0.15, 0.2) is 46.2 Å². The van der Waals surface area contributed by atoms with Crippen LogP contribution in [0.4, 0.5) is 0 Å². The fraction of sp³-hybridized carbons (Fsp3) is 0.235. The Morgan fingerprint density at radius 1 is 1.18 bits per heavy atom. The van der Waals surface area contributed by atoms with Crippen LogP contribution in [-0.2, 0) is 0 Å². The number of nitrogens with one attached hydrogen (secondary N) is 1. The zero-order valence-electron chi connectivity index (χ0n) is 11.7. The molecule has 0 aliphatic carbocycles. The van der Waals surface area contributed by atoms with Crippen LogP contribution in [0.3, 0.4) is 0 Å². The summed E-state index contributed by atoms with van der Waals surface area (Å²) in [5.74, 6) is 2.67. The van der Waals surface area contributed by atoms with Crippen LogP contribution in [0, 0.1) is 5.92 Å². The lowest BCUT2D eigenvalue weighted by Crippen LogP contribution is -2.30. The Bertz CT molecular complexity index is 943. The van der Waals surface area contributed by atoms with E-state index in [0.717, 1.165) is 23.1 Å². The van der Waals surface area contributed by atoms with Gasteiger partial charge in [-0.2, -0.15) is 0 Å². The normalized spacial score (nSPS) is 22.5. The van der Waals surface area contributed by atoms with E-state index in [9.17, 15) is 4.79 Å². The summed E-state index contributed by atoms with van der Waals surface area (Å²) in [5, 5.41) is 3.53. The summed E-state index contributed by atoms with van der Waals surface area (Å²) in [5.41, 5.74) is 1.26. The standard InChI is InChI=1S/C17H13NO2S2/c19-17-18-16-15(22-17)13-10(8-21-16)7-20-12-6-5-9-3-1-2-4-11(9)14(12)13/h1-6,10,13H,7-8H2,(H,18,19)/t10-,13-/m1/s1. The highest BCUT2D eigenvalue weighted by Crippen LogP contribution is 2.51. The largest absolute Gasteiger partial charge is 0.493 e. The fourth-order valence-electron chi connectivity index (χ4n) is 3.57. The van der Waals surface area contributed by atoms with Gasteiger partial charge in [0.1, 0.15) is 5.75 Å². The van der Waals surface area contributed by atoms with E-state index in [1.54, 1.807) is 11.8 Å². The lowest BCUT2D eigenvalue weighted by molar-refractivity contribution is 0.220. The first-order chi connectivity index (χ1) is 10.8. The maximum atomic E-state index is 11.8. The topological polar surface area (TPSA) is 42.1 Å². The van der Waals surface area contributed by atoms with E-state index in [1.807, 2.05) is 0 Å². The number of benzene rings is 2. The number of hydrogen-bond acceptors (Lipinski definition) is 4. The summed E-state index contributed by atoms with van der Waals surface area (Å²) in [4.78, 5) is 16.1. The van der Waals surface area contributed by atoms with E-state index >= 15 is 0 Å². The first-order valence-electron chi connectivity index (χ1n) is 7.31. The highest BCUT2D eigenvalue weighted by atomic mass is 32.2. The molecule has 3 heterocycles. The first kappa shape index (κ1) is 12.8. The quantitative estimate of drug-likeness (QED) is 0.682. The molecule has 0 saturated carbocycles. The van der Waals surface area contributed by atoms with Crippen LogP contribution in [0.1, 0.15) is 16.4 Å². The van der Waals surface area contributed by atoms with Crippen molar-refractivity contribution in [3.8, 4) is 5.75 Å². The Morgan fingerprint density at radius 2 is 2.09 bits per heavy atom. The minimum Gasteiger partial charge on any atom is -0.493 e. The fourth-order valence-corrected chi connectivity index (χ4v) is 5.97. The van der Waals surface area contributed by atoms with E-state index in [4.69, 9.17) is 4.74 Å². The lowest BCUT2D eigenvalue weighted by Gasteiger charge is -2.36. The van der Waals surface area contributed by atoms with Crippen molar-refractivity contribution in [2.24, 2.45) is 5.92 Å². The van der Waals surface area contributed by atoms with Gasteiger partial charge in [-0.15, -0.1) is 11.8 Å². The summed E-state index contributed by atoms with van der Waals surface area (Å²) < 4.78 is 6.03. The molecule has 0 saturated heterocycles. The molecule has 0 unspecified atom stereocenters. The molecule has 2 atom stereocenters. The smallest absolute Gasteiger partial charge is 0.305 e. The molecule has 2 aromatic carbocycles. The Kier molecular flexibility index (Phi) is 2.69. The molecular formula is C17H13NO2S2. The van der Waals surface area contributed by atoms with Gasteiger partial charge in [-0.05, 0) is 16.8 Å². The van der Waals surface area contributed by atoms with Gasteiger partial charge >= 0.3 is 4.87 Å². The summed E-state index contributed by atoms with van der Waals surface area (Å²) in [6, 6.07) is 12.6. The second-order valence-corrected chi connectivity index (χ2v) is 7.81. The second kappa shape index (κ2) is 4.64. The Morgan fingerprint density at radius 3 is 3.05 bits per heavy atom. The Hall–Kier alpha value is -1.72. The van der Waals surface area contributed by atoms with Crippen LogP contribution in [0.2, 0.25) is 0 Å². The van der Waals surface area contributed by atoms with Crippen molar-refractivity contribution in [1.29, 1.82) is 0 Å². The van der Waals surface area contributed by atoms with Crippen LogP contribution in [0.5, 0.6) is 5.75 Å². The van der Waals surface area contributed by atoms with Gasteiger partial charge in [0.2, 0.25) is 0 Å². The highest BCUT2D eigenvalue weighted by Gasteiger charge is 2.39. The molecule has 0 spiro atoms. The second-order valence-electron chi connectivity index (χ2n) is 5.77. The van der Waals surface area contributed by atoms with Crippen LogP contribution in [-0.4, -0.2) is 17.3 Å². The van der Waals surface area contributed by atoms with Gasteiger partial charge in [0.05, 0.1) is 11.6 Å². The molecule has 5 heteroatoms. The maximum absolute atomic E-state index is 11.8. The van der Waals surface area contributed by atoms with Gasteiger partial charge in [-0.1, -0.05) is 41.7 Å². The third kappa shape index (κ3) is 1.72. The number of H-pyrrole nitrogens is 1. The molecule has 2 aliphatic heterocycles. The first-order valence-corrected chi connectivity index (χ1v) is 9.12. The molecule has 3 aromatic rings. The van der Waals surface area contributed by atoms with Crippen molar-refractivity contribution >= 4 is 33.9 Å². The molecule has 22 heavy (non-hydrogen) atoms. The van der Waals surface area contributed by atoms with Crippen molar-refractivity contribution < 1.29 is 4.74 Å². The summed E-state index contributed by atoms with van der Waals surface area (Å²) in [6.45, 7) is 0.731. The lowest BCUT2D eigenvalue weighted by atomic mass is 9.81. The van der Waals surface area contributed by atoms with Gasteiger partial charge in [-0.25, -0.2) is 0 Å². The number of rotatable bonds is 0. The van der Waals surface area contributed by atoms with Crippen molar-refractivity contribution in [3.05, 3.63) is 56.5 Å². The van der Waals surface area contributed by atoms with Gasteiger partial charge in [-0.3, -0.25) is 4.79 Å². The van der Waals surface area contributed by atoms with E-state index < -0.39 is 0 Å². The van der Waals surface area contributed by atoms with Crippen LogP contribution >= 0.6 is 23.1 Å². The number of ether oxygens (including phenoxy) is 1. The van der Waals surface area contributed by atoms with Crippen molar-refractivity contribution in [1.82, 2.24) is 4.98 Å². The summed E-state index contributed by atoms with van der Waals surface area (Å²) in [6.07, 6.45) is 0. The van der Waals surface area contributed by atoms with Crippen molar-refractivity contribution in [2.75, 3.05) is 12.4 Å². The van der Waals surface area contributed by atoms with E-state index in [-0.39, 0.29) is 10.8 Å². The molecule has 0 radical (unpaired) electrons. The van der Waals surface area contributed by atoms with Gasteiger partial charge in [0, 0.05) is 28.0 Å².